The highest BCUT2D eigenvalue weighted by molar-refractivity contribution is 6.06. The van der Waals surface area contributed by atoms with Gasteiger partial charge in [-0.2, -0.15) is 5.26 Å². The Morgan fingerprint density at radius 1 is 1.59 bits per heavy atom. The second-order valence-electron chi connectivity index (χ2n) is 5.17. The predicted octanol–water partition coefficient (Wildman–Crippen LogP) is 1.82. The fourth-order valence-corrected chi connectivity index (χ4v) is 2.22. The summed E-state index contributed by atoms with van der Waals surface area (Å²) in [5.74, 6) is -0.360. The minimum atomic E-state index is -0.490. The monoisotopic (exact) mass is 301 g/mol. The maximum Gasteiger partial charge on any atom is 0.267 e. The summed E-state index contributed by atoms with van der Waals surface area (Å²) in [5.41, 5.74) is 1.27. The number of rotatable bonds is 5. The van der Waals surface area contributed by atoms with E-state index >= 15 is 0 Å². The Morgan fingerprint density at radius 2 is 2.41 bits per heavy atom. The Balaban J connectivity index is 1.94. The number of nitriles is 1. The predicted molar refractivity (Wildman–Crippen MR) is 82.1 cm³/mol. The zero-order valence-electron chi connectivity index (χ0n) is 12.4. The van der Waals surface area contributed by atoms with E-state index in [4.69, 9.17) is 10.00 Å². The molecule has 1 unspecified atom stereocenters. The molecule has 2 rings (SSSR count). The molecule has 0 aromatic heterocycles. The molecule has 1 fully saturated rings. The van der Waals surface area contributed by atoms with Crippen molar-refractivity contribution in [3.8, 4) is 11.8 Å². The second-order valence-corrected chi connectivity index (χ2v) is 5.17. The van der Waals surface area contributed by atoms with E-state index < -0.39 is 5.91 Å². The number of anilines is 1. The molecule has 6 heteroatoms. The minimum Gasteiger partial charge on any atom is -0.508 e. The van der Waals surface area contributed by atoms with Gasteiger partial charge in [0.2, 0.25) is 0 Å². The summed E-state index contributed by atoms with van der Waals surface area (Å²) in [6.07, 6.45) is 3.58. The fourth-order valence-electron chi connectivity index (χ4n) is 2.22. The molecule has 1 heterocycles. The van der Waals surface area contributed by atoms with Crippen LogP contribution in [0, 0.1) is 18.3 Å². The highest BCUT2D eigenvalue weighted by atomic mass is 16.5. The lowest BCUT2D eigenvalue weighted by molar-refractivity contribution is -0.112. The summed E-state index contributed by atoms with van der Waals surface area (Å²) < 4.78 is 5.45. The van der Waals surface area contributed by atoms with Crippen molar-refractivity contribution in [3.63, 3.8) is 0 Å². The normalized spacial score (nSPS) is 17.8. The lowest BCUT2D eigenvalue weighted by atomic mass is 10.2. The Hall–Kier alpha value is -2.52. The van der Waals surface area contributed by atoms with Gasteiger partial charge in [-0.1, -0.05) is 0 Å². The lowest BCUT2D eigenvalue weighted by Gasteiger charge is -2.10. The van der Waals surface area contributed by atoms with Crippen LogP contribution in [-0.4, -0.2) is 30.3 Å². The van der Waals surface area contributed by atoms with Gasteiger partial charge in [0.15, 0.2) is 0 Å². The van der Waals surface area contributed by atoms with E-state index in [-0.39, 0.29) is 17.4 Å². The summed E-state index contributed by atoms with van der Waals surface area (Å²) >= 11 is 0. The molecule has 1 aliphatic heterocycles. The van der Waals surface area contributed by atoms with Gasteiger partial charge < -0.3 is 20.5 Å². The second kappa shape index (κ2) is 7.48. The zero-order chi connectivity index (χ0) is 15.9. The van der Waals surface area contributed by atoms with Gasteiger partial charge in [-0.15, -0.1) is 0 Å². The number of phenolic OH excluding ortho intramolecular Hbond substituents is 1. The van der Waals surface area contributed by atoms with Crippen LogP contribution in [0.15, 0.2) is 30.0 Å². The van der Waals surface area contributed by atoms with Crippen molar-refractivity contribution in [3.05, 3.63) is 35.5 Å². The van der Waals surface area contributed by atoms with E-state index in [0.29, 0.717) is 12.2 Å². The van der Waals surface area contributed by atoms with Crippen LogP contribution in [-0.2, 0) is 9.53 Å². The number of hydrogen-bond donors (Lipinski definition) is 3. The van der Waals surface area contributed by atoms with Gasteiger partial charge in [0.1, 0.15) is 17.4 Å². The number of aromatic hydroxyl groups is 1. The highest BCUT2D eigenvalue weighted by Gasteiger charge is 2.15. The van der Waals surface area contributed by atoms with E-state index in [1.165, 1.54) is 12.3 Å². The maximum absolute atomic E-state index is 12.1. The van der Waals surface area contributed by atoms with Crippen LogP contribution in [0.25, 0.3) is 0 Å². The number of phenols is 1. The molecule has 1 atom stereocenters. The van der Waals surface area contributed by atoms with E-state index in [0.717, 1.165) is 25.0 Å². The Labute approximate surface area is 129 Å². The first-order chi connectivity index (χ1) is 10.6. The fraction of sp³-hybridized carbons (Fsp3) is 0.375. The van der Waals surface area contributed by atoms with Crippen molar-refractivity contribution < 1.29 is 14.6 Å². The summed E-state index contributed by atoms with van der Waals surface area (Å²) in [6, 6.07) is 6.49. The Kier molecular flexibility index (Phi) is 5.39. The lowest BCUT2D eigenvalue weighted by Crippen LogP contribution is -2.24. The molecule has 0 aliphatic carbocycles. The standard InChI is InChI=1S/C16H19N3O3/c1-11-7-13(20)4-5-15(11)19-16(21)12(8-17)9-18-10-14-3-2-6-22-14/h4-5,7,9,14,18,20H,2-3,6,10H2,1H3,(H,19,21)/b12-9-. The first kappa shape index (κ1) is 15.9. The van der Waals surface area contributed by atoms with Gasteiger partial charge in [-0.3, -0.25) is 4.79 Å². The molecule has 0 saturated carbocycles. The van der Waals surface area contributed by atoms with Crippen LogP contribution in [0.3, 0.4) is 0 Å². The van der Waals surface area contributed by atoms with Gasteiger partial charge in [0.25, 0.3) is 5.91 Å². The van der Waals surface area contributed by atoms with Gasteiger partial charge in [-0.05, 0) is 43.5 Å². The highest BCUT2D eigenvalue weighted by Crippen LogP contribution is 2.20. The first-order valence-electron chi connectivity index (χ1n) is 7.16. The van der Waals surface area contributed by atoms with Crippen LogP contribution in [0.1, 0.15) is 18.4 Å². The molecule has 1 aromatic rings. The third kappa shape index (κ3) is 4.24. The first-order valence-corrected chi connectivity index (χ1v) is 7.16. The molecule has 6 nitrogen and oxygen atoms in total. The third-order valence-electron chi connectivity index (χ3n) is 3.44. The van der Waals surface area contributed by atoms with E-state index in [2.05, 4.69) is 10.6 Å². The molecule has 1 amide bonds. The van der Waals surface area contributed by atoms with Crippen LogP contribution in [0.4, 0.5) is 5.69 Å². The average molecular weight is 301 g/mol. The summed E-state index contributed by atoms with van der Waals surface area (Å²) in [6.45, 7) is 3.11. The van der Waals surface area contributed by atoms with Crippen molar-refractivity contribution in [2.45, 2.75) is 25.9 Å². The summed E-state index contributed by atoms with van der Waals surface area (Å²) in [5, 5.41) is 24.1. The number of carbonyl (C=O) groups excluding carboxylic acids is 1. The Morgan fingerprint density at radius 3 is 3.05 bits per heavy atom. The van der Waals surface area contributed by atoms with E-state index in [1.807, 2.05) is 6.07 Å². The smallest absolute Gasteiger partial charge is 0.267 e. The average Bonchev–Trinajstić information content (AvgIpc) is 2.99. The molecule has 116 valence electrons. The van der Waals surface area contributed by atoms with Gasteiger partial charge in [0.05, 0.1) is 6.10 Å². The quantitative estimate of drug-likeness (QED) is 0.438. The number of benzene rings is 1. The maximum atomic E-state index is 12.1. The van der Waals surface area contributed by atoms with Crippen molar-refractivity contribution in [1.29, 1.82) is 5.26 Å². The number of amides is 1. The molecule has 1 aromatic carbocycles. The van der Waals surface area contributed by atoms with Crippen LogP contribution in [0.5, 0.6) is 5.75 Å². The number of ether oxygens (including phenoxy) is 1. The summed E-state index contributed by atoms with van der Waals surface area (Å²) in [7, 11) is 0. The van der Waals surface area contributed by atoms with E-state index in [1.54, 1.807) is 19.1 Å². The van der Waals surface area contributed by atoms with Gasteiger partial charge >= 0.3 is 0 Å². The van der Waals surface area contributed by atoms with Crippen molar-refractivity contribution in [1.82, 2.24) is 5.32 Å². The third-order valence-corrected chi connectivity index (χ3v) is 3.44. The van der Waals surface area contributed by atoms with Crippen molar-refractivity contribution in [2.24, 2.45) is 0 Å². The largest absolute Gasteiger partial charge is 0.508 e. The van der Waals surface area contributed by atoms with Crippen molar-refractivity contribution >= 4 is 11.6 Å². The zero-order valence-corrected chi connectivity index (χ0v) is 12.4. The number of hydrogen-bond acceptors (Lipinski definition) is 5. The molecule has 0 radical (unpaired) electrons. The summed E-state index contributed by atoms with van der Waals surface area (Å²) in [4.78, 5) is 12.1. The Bertz CT molecular complexity index is 614. The number of nitrogens with zero attached hydrogens (tertiary/aromatic N) is 1. The molecule has 1 saturated heterocycles. The molecular formula is C16H19N3O3. The van der Waals surface area contributed by atoms with Crippen molar-refractivity contribution in [2.75, 3.05) is 18.5 Å². The van der Waals surface area contributed by atoms with E-state index in [9.17, 15) is 9.90 Å². The van der Waals surface area contributed by atoms with Crippen LogP contribution < -0.4 is 10.6 Å². The SMILES string of the molecule is Cc1cc(O)ccc1NC(=O)/C(C#N)=C\NCC1CCCO1. The van der Waals surface area contributed by atoms with Gasteiger partial charge in [0, 0.05) is 25.0 Å². The molecule has 3 N–H and O–H groups in total. The van der Waals surface area contributed by atoms with Crippen LogP contribution >= 0.6 is 0 Å². The molecule has 1 aliphatic rings. The minimum absolute atomic E-state index is 0.00882. The number of nitrogens with one attached hydrogen (secondary N) is 2. The number of aryl methyl sites for hydroxylation is 1. The number of carbonyl (C=O) groups is 1. The van der Waals surface area contributed by atoms with Gasteiger partial charge in [-0.25, -0.2) is 0 Å². The molecule has 0 bridgehead atoms. The molecular weight excluding hydrogens is 282 g/mol. The van der Waals surface area contributed by atoms with Crippen LogP contribution in [0.2, 0.25) is 0 Å². The molecule has 0 spiro atoms. The topological polar surface area (TPSA) is 94.4 Å². The molecule has 22 heavy (non-hydrogen) atoms.